The highest BCUT2D eigenvalue weighted by Gasteiger charge is 2.07. The lowest BCUT2D eigenvalue weighted by atomic mass is 10.3. The van der Waals surface area contributed by atoms with Crippen molar-refractivity contribution in [2.45, 2.75) is 0 Å². The summed E-state index contributed by atoms with van der Waals surface area (Å²) in [5.74, 6) is 1.12. The molecule has 0 aliphatic carbocycles. The third kappa shape index (κ3) is 4.44. The molecule has 0 saturated heterocycles. The number of nitrogens with one attached hydrogen (secondary N) is 2. The first kappa shape index (κ1) is 16.3. The zero-order valence-corrected chi connectivity index (χ0v) is 13.2. The Kier molecular flexibility index (Phi) is 5.75. The zero-order valence-electron chi connectivity index (χ0n) is 11.7. The van der Waals surface area contributed by atoms with Crippen molar-refractivity contribution in [3.05, 3.63) is 52.5 Å². The molecule has 2 aromatic rings. The summed E-state index contributed by atoms with van der Waals surface area (Å²) in [4.78, 5) is 11.8. The number of halogens is 2. The fraction of sp³-hybridized carbons (Fsp3) is 0.133. The molecule has 0 heterocycles. The number of amides is 2. The van der Waals surface area contributed by atoms with Crippen LogP contribution in [0.2, 0.25) is 10.0 Å². The number of rotatable bonds is 5. The molecule has 0 fully saturated rings. The van der Waals surface area contributed by atoms with Gasteiger partial charge in [-0.2, -0.15) is 0 Å². The van der Waals surface area contributed by atoms with E-state index in [-0.39, 0.29) is 6.73 Å². The number of para-hydroxylation sites is 2. The Labute approximate surface area is 138 Å². The molecule has 0 radical (unpaired) electrons. The number of benzene rings is 2. The maximum absolute atomic E-state index is 11.8. The minimum Gasteiger partial charge on any atom is -0.493 e. The molecule has 0 unspecified atom stereocenters. The quantitative estimate of drug-likeness (QED) is 0.803. The van der Waals surface area contributed by atoms with Crippen molar-refractivity contribution in [2.75, 3.05) is 19.2 Å². The molecule has 22 heavy (non-hydrogen) atoms. The van der Waals surface area contributed by atoms with Gasteiger partial charge in [-0.15, -0.1) is 0 Å². The summed E-state index contributed by atoms with van der Waals surface area (Å²) in [5, 5.41) is 6.01. The molecule has 0 aliphatic rings. The molecule has 2 rings (SSSR count). The fourth-order valence-electron chi connectivity index (χ4n) is 1.68. The molecule has 7 heteroatoms. The van der Waals surface area contributed by atoms with Gasteiger partial charge in [0.2, 0.25) is 0 Å². The number of anilines is 1. The highest BCUT2D eigenvalue weighted by atomic mass is 35.5. The van der Waals surface area contributed by atoms with Crippen LogP contribution in [0.3, 0.4) is 0 Å². The molecule has 2 amide bonds. The van der Waals surface area contributed by atoms with Gasteiger partial charge in [-0.3, -0.25) is 0 Å². The van der Waals surface area contributed by atoms with Gasteiger partial charge in [0.25, 0.3) is 0 Å². The minimum absolute atomic E-state index is 0.0234. The Hall–Kier alpha value is -2.11. The maximum Gasteiger partial charge on any atom is 0.321 e. The van der Waals surface area contributed by atoms with E-state index < -0.39 is 6.03 Å². The van der Waals surface area contributed by atoms with Crippen LogP contribution in [0.5, 0.6) is 11.5 Å². The number of methoxy groups -OCH3 is 1. The standard InChI is InChI=1S/C15H14Cl2N2O3/c1-21-13-4-2-3-5-14(13)22-9-18-15(20)19-12-8-10(16)6-7-11(12)17/h2-8H,9H2,1H3,(H2,18,19,20). The number of carbonyl (C=O) groups excluding carboxylic acids is 1. The molecule has 5 nitrogen and oxygen atoms in total. The van der Waals surface area contributed by atoms with Gasteiger partial charge < -0.3 is 20.1 Å². The van der Waals surface area contributed by atoms with Gasteiger partial charge in [0, 0.05) is 5.02 Å². The molecule has 116 valence electrons. The van der Waals surface area contributed by atoms with Crippen molar-refractivity contribution in [1.29, 1.82) is 0 Å². The SMILES string of the molecule is COc1ccccc1OCNC(=O)Nc1cc(Cl)ccc1Cl. The van der Waals surface area contributed by atoms with E-state index in [4.69, 9.17) is 32.7 Å². The highest BCUT2D eigenvalue weighted by molar-refractivity contribution is 6.35. The molecule has 2 N–H and O–H groups in total. The maximum atomic E-state index is 11.8. The van der Waals surface area contributed by atoms with Crippen LogP contribution in [0.25, 0.3) is 0 Å². The fourth-order valence-corrected chi connectivity index (χ4v) is 2.01. The summed E-state index contributed by atoms with van der Waals surface area (Å²) in [6, 6.07) is 11.5. The van der Waals surface area contributed by atoms with E-state index in [1.54, 1.807) is 37.4 Å². The molecule has 0 aromatic heterocycles. The predicted molar refractivity (Wildman–Crippen MR) is 87.1 cm³/mol. The van der Waals surface area contributed by atoms with E-state index in [9.17, 15) is 4.79 Å². The van der Waals surface area contributed by atoms with Crippen molar-refractivity contribution in [3.63, 3.8) is 0 Å². The average molecular weight is 341 g/mol. The topological polar surface area (TPSA) is 59.6 Å². The largest absolute Gasteiger partial charge is 0.493 e. The third-order valence-corrected chi connectivity index (χ3v) is 3.27. The van der Waals surface area contributed by atoms with E-state index in [0.717, 1.165) is 0 Å². The normalized spacial score (nSPS) is 9.95. The Morgan fingerprint density at radius 2 is 1.86 bits per heavy atom. The van der Waals surface area contributed by atoms with E-state index in [0.29, 0.717) is 27.2 Å². The number of hydrogen-bond donors (Lipinski definition) is 2. The van der Waals surface area contributed by atoms with E-state index in [1.807, 2.05) is 12.1 Å². The first-order valence-electron chi connectivity index (χ1n) is 6.36. The van der Waals surface area contributed by atoms with E-state index in [1.165, 1.54) is 0 Å². The van der Waals surface area contributed by atoms with Gasteiger partial charge >= 0.3 is 6.03 Å². The predicted octanol–water partition coefficient (Wildman–Crippen LogP) is 4.16. The Balaban J connectivity index is 1.87. The smallest absolute Gasteiger partial charge is 0.321 e. The Morgan fingerprint density at radius 1 is 1.14 bits per heavy atom. The van der Waals surface area contributed by atoms with Gasteiger partial charge in [-0.05, 0) is 30.3 Å². The minimum atomic E-state index is -0.459. The lowest BCUT2D eigenvalue weighted by Gasteiger charge is -2.12. The lowest BCUT2D eigenvalue weighted by Crippen LogP contribution is -2.32. The molecule has 2 aromatic carbocycles. The van der Waals surface area contributed by atoms with Crippen molar-refractivity contribution in [3.8, 4) is 11.5 Å². The monoisotopic (exact) mass is 340 g/mol. The molecule has 0 aliphatic heterocycles. The van der Waals surface area contributed by atoms with Crippen LogP contribution in [0.15, 0.2) is 42.5 Å². The van der Waals surface area contributed by atoms with Crippen LogP contribution in [-0.4, -0.2) is 19.9 Å². The van der Waals surface area contributed by atoms with Crippen molar-refractivity contribution >= 4 is 34.9 Å². The molecule has 0 bridgehead atoms. The number of hydrogen-bond acceptors (Lipinski definition) is 3. The van der Waals surface area contributed by atoms with Gasteiger partial charge in [-0.1, -0.05) is 35.3 Å². The van der Waals surface area contributed by atoms with Crippen molar-refractivity contribution < 1.29 is 14.3 Å². The van der Waals surface area contributed by atoms with Crippen LogP contribution in [0.1, 0.15) is 0 Å². The van der Waals surface area contributed by atoms with Crippen LogP contribution in [-0.2, 0) is 0 Å². The molecular formula is C15H14Cl2N2O3. The van der Waals surface area contributed by atoms with E-state index >= 15 is 0 Å². The third-order valence-electron chi connectivity index (χ3n) is 2.71. The first-order chi connectivity index (χ1) is 10.6. The summed E-state index contributed by atoms with van der Waals surface area (Å²) < 4.78 is 10.6. The number of urea groups is 1. The zero-order chi connectivity index (χ0) is 15.9. The summed E-state index contributed by atoms with van der Waals surface area (Å²) in [6.45, 7) is -0.0234. The first-order valence-corrected chi connectivity index (χ1v) is 7.11. The van der Waals surface area contributed by atoms with Crippen LogP contribution in [0, 0.1) is 0 Å². The van der Waals surface area contributed by atoms with Crippen LogP contribution < -0.4 is 20.1 Å². The summed E-state index contributed by atoms with van der Waals surface area (Å²) in [5.41, 5.74) is 0.420. The van der Waals surface area contributed by atoms with Gasteiger partial charge in [0.1, 0.15) is 0 Å². The summed E-state index contributed by atoms with van der Waals surface area (Å²) in [6.07, 6.45) is 0. The van der Waals surface area contributed by atoms with Crippen molar-refractivity contribution in [1.82, 2.24) is 5.32 Å². The number of carbonyl (C=O) groups is 1. The number of ether oxygens (including phenoxy) is 2. The van der Waals surface area contributed by atoms with Gasteiger partial charge in [0.15, 0.2) is 18.2 Å². The van der Waals surface area contributed by atoms with Gasteiger partial charge in [-0.25, -0.2) is 4.79 Å². The second-order valence-corrected chi connectivity index (χ2v) is 5.04. The molecule has 0 spiro atoms. The van der Waals surface area contributed by atoms with E-state index in [2.05, 4.69) is 10.6 Å². The Morgan fingerprint density at radius 3 is 2.59 bits per heavy atom. The average Bonchev–Trinajstić information content (AvgIpc) is 2.51. The summed E-state index contributed by atoms with van der Waals surface area (Å²) in [7, 11) is 1.55. The molecular weight excluding hydrogens is 327 g/mol. The highest BCUT2D eigenvalue weighted by Crippen LogP contribution is 2.26. The van der Waals surface area contributed by atoms with Crippen molar-refractivity contribution in [2.24, 2.45) is 0 Å². The Bertz CT molecular complexity index is 665. The van der Waals surface area contributed by atoms with Crippen LogP contribution in [0.4, 0.5) is 10.5 Å². The molecule has 0 atom stereocenters. The second kappa shape index (κ2) is 7.77. The molecule has 0 saturated carbocycles. The van der Waals surface area contributed by atoms with Gasteiger partial charge in [0.05, 0.1) is 17.8 Å². The second-order valence-electron chi connectivity index (χ2n) is 4.19. The lowest BCUT2D eigenvalue weighted by molar-refractivity contribution is 0.231. The summed E-state index contributed by atoms with van der Waals surface area (Å²) >= 11 is 11.8. The van der Waals surface area contributed by atoms with Crippen LogP contribution >= 0.6 is 23.2 Å².